The third kappa shape index (κ3) is 5.59. The van der Waals surface area contributed by atoms with E-state index >= 15 is 0 Å². The molecule has 150 valence electrons. The van der Waals surface area contributed by atoms with E-state index in [2.05, 4.69) is 9.80 Å². The summed E-state index contributed by atoms with van der Waals surface area (Å²) < 4.78 is 6.19. The third-order valence-electron chi connectivity index (χ3n) is 6.04. The lowest BCUT2D eigenvalue weighted by atomic mass is 9.94. The van der Waals surface area contributed by atoms with Gasteiger partial charge in [-0.15, -0.1) is 0 Å². The average Bonchev–Trinajstić information content (AvgIpc) is 2.65. The lowest BCUT2D eigenvalue weighted by Gasteiger charge is -2.38. The Morgan fingerprint density at radius 3 is 2.48 bits per heavy atom. The molecule has 2 aliphatic rings. The number of carboxylic acid groups (broad SMARTS) is 1. The number of aliphatic carboxylic acids is 1. The van der Waals surface area contributed by atoms with Crippen molar-refractivity contribution in [3.8, 4) is 5.75 Å². The minimum Gasteiger partial charge on any atom is -0.490 e. The molecule has 1 N–H and O–H groups in total. The zero-order valence-corrected chi connectivity index (χ0v) is 17.1. The highest BCUT2D eigenvalue weighted by atomic mass is 35.5. The van der Waals surface area contributed by atoms with Gasteiger partial charge in [-0.1, -0.05) is 11.6 Å². The zero-order valence-electron chi connectivity index (χ0n) is 16.4. The number of piperidine rings is 2. The van der Waals surface area contributed by atoms with Crippen molar-refractivity contribution in [2.24, 2.45) is 5.92 Å². The Bertz CT molecular complexity index is 638. The molecule has 2 heterocycles. The summed E-state index contributed by atoms with van der Waals surface area (Å²) in [4.78, 5) is 15.8. The van der Waals surface area contributed by atoms with Gasteiger partial charge in [-0.3, -0.25) is 9.69 Å². The van der Waals surface area contributed by atoms with Crippen molar-refractivity contribution in [2.75, 3.05) is 32.7 Å². The van der Waals surface area contributed by atoms with Crippen LogP contribution in [0.15, 0.2) is 18.2 Å². The minimum atomic E-state index is -0.716. The maximum Gasteiger partial charge on any atom is 0.320 e. The van der Waals surface area contributed by atoms with Gasteiger partial charge < -0.3 is 14.7 Å². The van der Waals surface area contributed by atoms with Crippen LogP contribution in [0.25, 0.3) is 0 Å². The van der Waals surface area contributed by atoms with Crippen LogP contribution in [-0.2, 0) is 4.79 Å². The second-order valence-electron chi connectivity index (χ2n) is 8.02. The van der Waals surface area contributed by atoms with Crippen LogP contribution in [0.3, 0.4) is 0 Å². The lowest BCUT2D eigenvalue weighted by Crippen LogP contribution is -2.47. The first-order valence-corrected chi connectivity index (χ1v) is 10.4. The molecular formula is C21H31ClN2O3. The second-order valence-corrected chi connectivity index (χ2v) is 8.46. The highest BCUT2D eigenvalue weighted by molar-refractivity contribution is 6.30. The Hall–Kier alpha value is -1.30. The Morgan fingerprint density at radius 2 is 1.89 bits per heavy atom. The quantitative estimate of drug-likeness (QED) is 0.797. The first-order chi connectivity index (χ1) is 12.9. The molecule has 5 nitrogen and oxygen atoms in total. The van der Waals surface area contributed by atoms with Crippen LogP contribution in [0.1, 0.15) is 38.2 Å². The van der Waals surface area contributed by atoms with Crippen LogP contribution in [0, 0.1) is 12.8 Å². The SMILES string of the molecule is Cc1cc(Cl)ccc1OC1CCN(CC2CCN(C(C)C(=O)O)CC2)CC1. The van der Waals surface area contributed by atoms with E-state index in [1.54, 1.807) is 6.92 Å². The van der Waals surface area contributed by atoms with Crippen molar-refractivity contribution in [3.05, 3.63) is 28.8 Å². The molecule has 0 saturated carbocycles. The van der Waals surface area contributed by atoms with E-state index in [9.17, 15) is 4.79 Å². The van der Waals surface area contributed by atoms with Crippen molar-refractivity contribution >= 4 is 17.6 Å². The normalized spacial score (nSPS) is 21.9. The molecule has 2 fully saturated rings. The van der Waals surface area contributed by atoms with E-state index in [1.807, 2.05) is 25.1 Å². The Morgan fingerprint density at radius 1 is 1.22 bits per heavy atom. The van der Waals surface area contributed by atoms with Crippen LogP contribution in [0.2, 0.25) is 5.02 Å². The summed E-state index contributed by atoms with van der Waals surface area (Å²) in [5, 5.41) is 9.90. The van der Waals surface area contributed by atoms with Crippen molar-refractivity contribution in [1.29, 1.82) is 0 Å². The van der Waals surface area contributed by atoms with E-state index < -0.39 is 5.97 Å². The average molecular weight is 395 g/mol. The number of hydrogen-bond donors (Lipinski definition) is 1. The number of nitrogens with zero attached hydrogens (tertiary/aromatic N) is 2. The third-order valence-corrected chi connectivity index (χ3v) is 6.27. The largest absolute Gasteiger partial charge is 0.490 e. The minimum absolute atomic E-state index is 0.277. The number of hydrogen-bond acceptors (Lipinski definition) is 4. The van der Waals surface area contributed by atoms with Crippen LogP contribution >= 0.6 is 11.6 Å². The van der Waals surface area contributed by atoms with E-state index in [1.165, 1.54) is 0 Å². The Balaban J connectivity index is 1.39. The van der Waals surface area contributed by atoms with Gasteiger partial charge in [-0.25, -0.2) is 0 Å². The van der Waals surface area contributed by atoms with Crippen molar-refractivity contribution in [3.63, 3.8) is 0 Å². The fourth-order valence-corrected chi connectivity index (χ4v) is 4.41. The van der Waals surface area contributed by atoms with Gasteiger partial charge in [0.05, 0.1) is 0 Å². The van der Waals surface area contributed by atoms with E-state index in [0.29, 0.717) is 5.92 Å². The summed E-state index contributed by atoms with van der Waals surface area (Å²) in [6.45, 7) is 8.89. The predicted octanol–water partition coefficient (Wildman–Crippen LogP) is 3.68. The van der Waals surface area contributed by atoms with Crippen molar-refractivity contribution in [1.82, 2.24) is 9.80 Å². The molecule has 0 amide bonds. The lowest BCUT2D eigenvalue weighted by molar-refractivity contribution is -0.143. The molecule has 2 saturated heterocycles. The molecule has 0 bridgehead atoms. The summed E-state index contributed by atoms with van der Waals surface area (Å²) in [6.07, 6.45) is 4.57. The van der Waals surface area contributed by atoms with Crippen molar-refractivity contribution < 1.29 is 14.6 Å². The standard InChI is InChI=1S/C21H31ClN2O3/c1-15-13-18(22)3-4-20(15)27-19-7-9-23(10-8-19)14-17-5-11-24(12-6-17)16(2)21(25)26/h3-4,13,16-17,19H,5-12,14H2,1-2H3,(H,25,26). The fourth-order valence-electron chi connectivity index (χ4n) is 4.18. The van der Waals surface area contributed by atoms with Crippen LogP contribution in [-0.4, -0.2) is 65.7 Å². The molecule has 0 aliphatic carbocycles. The number of carbonyl (C=O) groups is 1. The summed E-state index contributed by atoms with van der Waals surface area (Å²) in [6, 6.07) is 5.44. The first kappa shape index (κ1) is 20.4. The van der Waals surface area contributed by atoms with Gasteiger partial charge in [-0.05, 0) is 82.3 Å². The van der Waals surface area contributed by atoms with Gasteiger partial charge in [0.2, 0.25) is 0 Å². The second kappa shape index (κ2) is 9.26. The molecule has 1 unspecified atom stereocenters. The predicted molar refractivity (Wildman–Crippen MR) is 108 cm³/mol. The highest BCUT2D eigenvalue weighted by Gasteiger charge is 2.28. The molecule has 6 heteroatoms. The summed E-state index contributed by atoms with van der Waals surface area (Å²) >= 11 is 6.02. The maximum atomic E-state index is 11.1. The maximum absolute atomic E-state index is 11.1. The number of aryl methyl sites for hydroxylation is 1. The van der Waals surface area contributed by atoms with Gasteiger partial charge in [0.1, 0.15) is 17.9 Å². The van der Waals surface area contributed by atoms with Gasteiger partial charge in [0, 0.05) is 24.7 Å². The molecule has 3 rings (SSSR count). The number of carboxylic acids is 1. The molecule has 1 atom stereocenters. The number of likely N-dealkylation sites (tertiary alicyclic amines) is 2. The zero-order chi connectivity index (χ0) is 19.4. The molecule has 1 aromatic rings. The van der Waals surface area contributed by atoms with Crippen molar-refractivity contribution in [2.45, 2.75) is 51.7 Å². The molecule has 27 heavy (non-hydrogen) atoms. The summed E-state index contributed by atoms with van der Waals surface area (Å²) in [7, 11) is 0. The van der Waals surface area contributed by atoms with E-state index in [-0.39, 0.29) is 12.1 Å². The molecule has 0 aromatic heterocycles. The molecule has 0 radical (unpaired) electrons. The number of rotatable bonds is 6. The fraction of sp³-hybridized carbons (Fsp3) is 0.667. The van der Waals surface area contributed by atoms with Crippen LogP contribution in [0.4, 0.5) is 0 Å². The summed E-state index contributed by atoms with van der Waals surface area (Å²) in [5.41, 5.74) is 1.09. The van der Waals surface area contributed by atoms with Crippen LogP contribution < -0.4 is 4.74 Å². The Kier molecular flexibility index (Phi) is 7.01. The topological polar surface area (TPSA) is 53.0 Å². The molecule has 2 aliphatic heterocycles. The van der Waals surface area contributed by atoms with Gasteiger partial charge in [-0.2, -0.15) is 0 Å². The highest BCUT2D eigenvalue weighted by Crippen LogP contribution is 2.26. The molecular weight excluding hydrogens is 364 g/mol. The number of ether oxygens (including phenoxy) is 1. The van der Waals surface area contributed by atoms with Gasteiger partial charge in [0.15, 0.2) is 0 Å². The van der Waals surface area contributed by atoms with Crippen LogP contribution in [0.5, 0.6) is 5.75 Å². The first-order valence-electron chi connectivity index (χ1n) is 10.0. The smallest absolute Gasteiger partial charge is 0.320 e. The van der Waals surface area contributed by atoms with Gasteiger partial charge >= 0.3 is 5.97 Å². The number of halogens is 1. The van der Waals surface area contributed by atoms with E-state index in [4.69, 9.17) is 21.4 Å². The van der Waals surface area contributed by atoms with E-state index in [0.717, 1.165) is 74.7 Å². The van der Waals surface area contributed by atoms with Gasteiger partial charge in [0.25, 0.3) is 0 Å². The molecule has 1 aromatic carbocycles. The molecule has 0 spiro atoms. The monoisotopic (exact) mass is 394 g/mol. The number of benzene rings is 1. The summed E-state index contributed by atoms with van der Waals surface area (Å²) in [5.74, 6) is 0.905. The Labute approximate surface area is 167 Å².